The highest BCUT2D eigenvalue weighted by atomic mass is 16.5. The average molecular weight is 164 g/mol. The lowest BCUT2D eigenvalue weighted by molar-refractivity contribution is -0.297. The molecule has 5 heteroatoms. The molecule has 0 atom stereocenters. The summed E-state index contributed by atoms with van der Waals surface area (Å²) in [6.45, 7) is 0. The van der Waals surface area contributed by atoms with Crippen LogP contribution in [0, 0.1) is 0 Å². The summed E-state index contributed by atoms with van der Waals surface area (Å²) in [6, 6.07) is 0. The minimum atomic E-state index is -2.17. The molecule has 0 radical (unpaired) electrons. The topological polar surface area (TPSA) is 101 Å². The van der Waals surface area contributed by atoms with Crippen LogP contribution in [0.2, 0.25) is 0 Å². The molecule has 0 amide bonds. The molecule has 66 valence electrons. The molecule has 1 aliphatic rings. The molecule has 11 heavy (non-hydrogen) atoms. The van der Waals surface area contributed by atoms with Crippen molar-refractivity contribution in [1.82, 2.24) is 0 Å². The molecule has 5 nitrogen and oxygen atoms in total. The van der Waals surface area contributed by atoms with E-state index >= 15 is 0 Å². The minimum absolute atomic E-state index is 0.240. The molecule has 5 N–H and O–H groups in total. The number of hydrogen-bond acceptors (Lipinski definition) is 5. The standard InChI is InChI=1S/C6H12O5/c7-4-1-5(8,9)3-6(10,11)2-4/h4,7-11H,1-3H2. The van der Waals surface area contributed by atoms with E-state index in [2.05, 4.69) is 0 Å². The van der Waals surface area contributed by atoms with E-state index in [0.29, 0.717) is 0 Å². The minimum Gasteiger partial charge on any atom is -0.393 e. The number of aliphatic hydroxyl groups is 5. The third kappa shape index (κ3) is 2.39. The first-order valence-electron chi connectivity index (χ1n) is 3.38. The van der Waals surface area contributed by atoms with Crippen molar-refractivity contribution in [3.8, 4) is 0 Å². The molecule has 0 heterocycles. The second-order valence-electron chi connectivity index (χ2n) is 3.20. The second-order valence-corrected chi connectivity index (χ2v) is 3.20. The van der Waals surface area contributed by atoms with Gasteiger partial charge in [-0.3, -0.25) is 0 Å². The van der Waals surface area contributed by atoms with Crippen molar-refractivity contribution < 1.29 is 25.5 Å². The molecule has 0 saturated heterocycles. The predicted octanol–water partition coefficient (Wildman–Crippen LogP) is -2.11. The molecule has 0 aliphatic heterocycles. The first-order chi connectivity index (χ1) is 4.81. The summed E-state index contributed by atoms with van der Waals surface area (Å²) >= 11 is 0. The van der Waals surface area contributed by atoms with Crippen molar-refractivity contribution >= 4 is 0 Å². The summed E-state index contributed by atoms with van der Waals surface area (Å²) in [5.74, 6) is -4.33. The highest BCUT2D eigenvalue weighted by Gasteiger charge is 2.44. The Kier molecular flexibility index (Phi) is 1.94. The molecule has 1 saturated carbocycles. The highest BCUT2D eigenvalue weighted by Crippen LogP contribution is 2.31. The van der Waals surface area contributed by atoms with Crippen LogP contribution in [0.1, 0.15) is 19.3 Å². The molecular weight excluding hydrogens is 152 g/mol. The Labute approximate surface area is 63.5 Å². The molecule has 0 bridgehead atoms. The van der Waals surface area contributed by atoms with Gasteiger partial charge in [-0.1, -0.05) is 0 Å². The van der Waals surface area contributed by atoms with Crippen molar-refractivity contribution in [1.29, 1.82) is 0 Å². The largest absolute Gasteiger partial charge is 0.393 e. The molecule has 0 unspecified atom stereocenters. The first-order valence-corrected chi connectivity index (χ1v) is 3.38. The Morgan fingerprint density at radius 2 is 1.27 bits per heavy atom. The van der Waals surface area contributed by atoms with E-state index in [9.17, 15) is 0 Å². The van der Waals surface area contributed by atoms with Gasteiger partial charge in [0.1, 0.15) is 0 Å². The van der Waals surface area contributed by atoms with Crippen LogP contribution >= 0.6 is 0 Å². The molecule has 1 rings (SSSR count). The Morgan fingerprint density at radius 1 is 0.909 bits per heavy atom. The Bertz CT molecular complexity index is 137. The van der Waals surface area contributed by atoms with Gasteiger partial charge in [0.15, 0.2) is 11.6 Å². The van der Waals surface area contributed by atoms with Crippen LogP contribution in [0.5, 0.6) is 0 Å². The van der Waals surface area contributed by atoms with Crippen molar-refractivity contribution in [3.05, 3.63) is 0 Å². The molecule has 1 fully saturated rings. The summed E-state index contributed by atoms with van der Waals surface area (Å²) in [4.78, 5) is 0. The van der Waals surface area contributed by atoms with Crippen LogP contribution < -0.4 is 0 Å². The molecule has 0 aromatic heterocycles. The van der Waals surface area contributed by atoms with E-state index in [1.165, 1.54) is 0 Å². The fraction of sp³-hybridized carbons (Fsp3) is 1.00. The molecular formula is C6H12O5. The monoisotopic (exact) mass is 164 g/mol. The zero-order valence-corrected chi connectivity index (χ0v) is 5.93. The molecule has 1 aliphatic carbocycles. The van der Waals surface area contributed by atoms with Gasteiger partial charge in [-0.05, 0) is 0 Å². The smallest absolute Gasteiger partial charge is 0.170 e. The SMILES string of the molecule is OC1CC(O)(O)CC(O)(O)C1. The maximum absolute atomic E-state index is 8.96. The summed E-state index contributed by atoms with van der Waals surface area (Å²) in [5.41, 5.74) is 0. The highest BCUT2D eigenvalue weighted by molar-refractivity contribution is 4.86. The van der Waals surface area contributed by atoms with Gasteiger partial charge in [0.2, 0.25) is 0 Å². The maximum atomic E-state index is 8.96. The van der Waals surface area contributed by atoms with E-state index in [0.717, 1.165) is 0 Å². The summed E-state index contributed by atoms with van der Waals surface area (Å²) in [6.07, 6.45) is -2.10. The van der Waals surface area contributed by atoms with Gasteiger partial charge in [-0.25, -0.2) is 0 Å². The van der Waals surface area contributed by atoms with E-state index in [-0.39, 0.29) is 12.8 Å². The van der Waals surface area contributed by atoms with Gasteiger partial charge < -0.3 is 25.5 Å². The zero-order chi connectivity index (χ0) is 8.70. The molecule has 0 aromatic carbocycles. The van der Waals surface area contributed by atoms with Gasteiger partial charge in [0.25, 0.3) is 0 Å². The van der Waals surface area contributed by atoms with Gasteiger partial charge in [-0.2, -0.15) is 0 Å². The van der Waals surface area contributed by atoms with Crippen LogP contribution in [0.15, 0.2) is 0 Å². The fourth-order valence-corrected chi connectivity index (χ4v) is 1.42. The van der Waals surface area contributed by atoms with Crippen molar-refractivity contribution in [3.63, 3.8) is 0 Å². The van der Waals surface area contributed by atoms with Crippen molar-refractivity contribution in [2.75, 3.05) is 0 Å². The van der Waals surface area contributed by atoms with Crippen molar-refractivity contribution in [2.45, 2.75) is 36.9 Å². The molecule has 0 aromatic rings. The van der Waals surface area contributed by atoms with E-state index < -0.39 is 24.1 Å². The number of rotatable bonds is 0. The third-order valence-corrected chi connectivity index (χ3v) is 1.69. The second kappa shape index (κ2) is 2.40. The Hall–Kier alpha value is -0.200. The Morgan fingerprint density at radius 3 is 1.55 bits per heavy atom. The van der Waals surface area contributed by atoms with Crippen molar-refractivity contribution in [2.24, 2.45) is 0 Å². The fourth-order valence-electron chi connectivity index (χ4n) is 1.42. The zero-order valence-electron chi connectivity index (χ0n) is 5.93. The van der Waals surface area contributed by atoms with Crippen LogP contribution in [0.4, 0.5) is 0 Å². The quantitative estimate of drug-likeness (QED) is 0.264. The van der Waals surface area contributed by atoms with Gasteiger partial charge >= 0.3 is 0 Å². The van der Waals surface area contributed by atoms with Gasteiger partial charge in [0, 0.05) is 12.8 Å². The summed E-state index contributed by atoms with van der Waals surface area (Å²) in [5, 5.41) is 44.8. The average Bonchev–Trinajstić information content (AvgIpc) is 1.49. The van der Waals surface area contributed by atoms with E-state index in [1.54, 1.807) is 0 Å². The normalized spacial score (nSPS) is 30.3. The Balaban J connectivity index is 2.66. The first kappa shape index (κ1) is 8.89. The van der Waals surface area contributed by atoms with Gasteiger partial charge in [-0.15, -0.1) is 0 Å². The lowest BCUT2D eigenvalue weighted by Crippen LogP contribution is -2.50. The van der Waals surface area contributed by atoms with Crippen LogP contribution in [-0.2, 0) is 0 Å². The van der Waals surface area contributed by atoms with Crippen LogP contribution in [0.3, 0.4) is 0 Å². The molecule has 0 spiro atoms. The lowest BCUT2D eigenvalue weighted by Gasteiger charge is -2.37. The lowest BCUT2D eigenvalue weighted by atomic mass is 9.87. The van der Waals surface area contributed by atoms with E-state index in [4.69, 9.17) is 25.5 Å². The maximum Gasteiger partial charge on any atom is 0.170 e. The van der Waals surface area contributed by atoms with Crippen LogP contribution in [0.25, 0.3) is 0 Å². The number of aliphatic hydroxyl groups excluding tert-OH is 1. The van der Waals surface area contributed by atoms with Gasteiger partial charge in [0.05, 0.1) is 12.5 Å². The third-order valence-electron chi connectivity index (χ3n) is 1.69. The van der Waals surface area contributed by atoms with Crippen LogP contribution in [-0.4, -0.2) is 43.2 Å². The number of hydrogen-bond donors (Lipinski definition) is 5. The summed E-state index contributed by atoms with van der Waals surface area (Å²) < 4.78 is 0. The summed E-state index contributed by atoms with van der Waals surface area (Å²) in [7, 11) is 0. The predicted molar refractivity (Wildman–Crippen MR) is 34.2 cm³/mol. The van der Waals surface area contributed by atoms with E-state index in [1.807, 2.05) is 0 Å².